The number of rotatable bonds is 4. The summed E-state index contributed by atoms with van der Waals surface area (Å²) >= 11 is 0. The van der Waals surface area contributed by atoms with E-state index in [0.717, 1.165) is 18.4 Å². The minimum Gasteiger partial charge on any atom is -0.481 e. The van der Waals surface area contributed by atoms with Crippen molar-refractivity contribution in [1.82, 2.24) is 5.32 Å². The van der Waals surface area contributed by atoms with Gasteiger partial charge in [-0.05, 0) is 50.7 Å². The summed E-state index contributed by atoms with van der Waals surface area (Å²) in [4.78, 5) is 22.9. The van der Waals surface area contributed by atoms with Gasteiger partial charge in [0.1, 0.15) is 5.82 Å². The number of carboxylic acid groups (broad SMARTS) is 1. The topological polar surface area (TPSA) is 66.4 Å². The second-order valence-corrected chi connectivity index (χ2v) is 5.75. The van der Waals surface area contributed by atoms with Crippen LogP contribution in [0.2, 0.25) is 0 Å². The van der Waals surface area contributed by atoms with Gasteiger partial charge in [-0.3, -0.25) is 9.59 Å². The lowest BCUT2D eigenvalue weighted by atomic mass is 9.82. The average Bonchev–Trinajstić information content (AvgIpc) is 2.47. The quantitative estimate of drug-likeness (QED) is 0.897. The van der Waals surface area contributed by atoms with Gasteiger partial charge in [0.15, 0.2) is 0 Å². The number of halogens is 1. The minimum absolute atomic E-state index is 0.0641. The van der Waals surface area contributed by atoms with Crippen LogP contribution in [0.3, 0.4) is 0 Å². The van der Waals surface area contributed by atoms with Crippen molar-refractivity contribution in [3.8, 4) is 0 Å². The SMILES string of the molecule is Cc1ccc(F)c(C(=O)NCC2CCC(C(=O)O)CC2)c1. The lowest BCUT2D eigenvalue weighted by Gasteiger charge is -2.26. The Kier molecular flexibility index (Phi) is 4.94. The van der Waals surface area contributed by atoms with Crippen LogP contribution in [0.5, 0.6) is 0 Å². The van der Waals surface area contributed by atoms with Crippen LogP contribution in [0.15, 0.2) is 18.2 Å². The van der Waals surface area contributed by atoms with E-state index in [1.165, 1.54) is 12.1 Å². The van der Waals surface area contributed by atoms with E-state index in [2.05, 4.69) is 5.32 Å². The first-order valence-corrected chi connectivity index (χ1v) is 7.24. The Hall–Kier alpha value is -1.91. The Bertz CT molecular complexity index is 536. The first-order valence-electron chi connectivity index (χ1n) is 7.24. The summed E-state index contributed by atoms with van der Waals surface area (Å²) in [6.07, 6.45) is 2.87. The van der Waals surface area contributed by atoms with Crippen LogP contribution in [-0.4, -0.2) is 23.5 Å². The summed E-state index contributed by atoms with van der Waals surface area (Å²) in [6.45, 7) is 2.28. The monoisotopic (exact) mass is 293 g/mol. The first-order chi connectivity index (χ1) is 9.97. The van der Waals surface area contributed by atoms with E-state index in [0.29, 0.717) is 19.4 Å². The third-order valence-corrected chi connectivity index (χ3v) is 4.11. The highest BCUT2D eigenvalue weighted by atomic mass is 19.1. The molecule has 1 saturated carbocycles. The number of carbonyl (C=O) groups is 2. The molecule has 0 unspecified atom stereocenters. The number of nitrogens with one attached hydrogen (secondary N) is 1. The largest absolute Gasteiger partial charge is 0.481 e. The van der Waals surface area contributed by atoms with Crippen LogP contribution < -0.4 is 5.32 Å². The van der Waals surface area contributed by atoms with Gasteiger partial charge >= 0.3 is 5.97 Å². The molecule has 4 nitrogen and oxygen atoms in total. The van der Waals surface area contributed by atoms with Gasteiger partial charge in [-0.2, -0.15) is 0 Å². The van der Waals surface area contributed by atoms with Gasteiger partial charge in [0, 0.05) is 6.54 Å². The highest BCUT2D eigenvalue weighted by molar-refractivity contribution is 5.94. The normalized spacial score (nSPS) is 21.8. The molecule has 0 radical (unpaired) electrons. The van der Waals surface area contributed by atoms with Gasteiger partial charge in [0.05, 0.1) is 11.5 Å². The van der Waals surface area contributed by atoms with Crippen molar-refractivity contribution in [3.05, 3.63) is 35.1 Å². The second kappa shape index (κ2) is 6.70. The number of hydrogen-bond donors (Lipinski definition) is 2. The number of aryl methyl sites for hydroxylation is 1. The molecule has 1 aliphatic rings. The van der Waals surface area contributed by atoms with Crippen molar-refractivity contribution >= 4 is 11.9 Å². The Morgan fingerprint density at radius 2 is 1.95 bits per heavy atom. The van der Waals surface area contributed by atoms with Crippen molar-refractivity contribution in [2.24, 2.45) is 11.8 Å². The van der Waals surface area contributed by atoms with Crippen LogP contribution >= 0.6 is 0 Å². The maximum absolute atomic E-state index is 13.6. The zero-order chi connectivity index (χ0) is 15.4. The van der Waals surface area contributed by atoms with Crippen LogP contribution in [0.25, 0.3) is 0 Å². The molecule has 5 heteroatoms. The third-order valence-electron chi connectivity index (χ3n) is 4.11. The molecule has 2 rings (SSSR count). The van der Waals surface area contributed by atoms with Crippen molar-refractivity contribution in [2.75, 3.05) is 6.54 Å². The first kappa shape index (κ1) is 15.5. The fourth-order valence-corrected chi connectivity index (χ4v) is 2.76. The van der Waals surface area contributed by atoms with E-state index in [-0.39, 0.29) is 17.4 Å². The molecular weight excluding hydrogens is 273 g/mol. The fraction of sp³-hybridized carbons (Fsp3) is 0.500. The maximum atomic E-state index is 13.6. The van der Waals surface area contributed by atoms with E-state index < -0.39 is 17.7 Å². The highest BCUT2D eigenvalue weighted by Crippen LogP contribution is 2.28. The lowest BCUT2D eigenvalue weighted by Crippen LogP contribution is -2.32. The molecule has 0 aliphatic heterocycles. The predicted molar refractivity (Wildman–Crippen MR) is 76.6 cm³/mol. The molecule has 1 aliphatic carbocycles. The second-order valence-electron chi connectivity index (χ2n) is 5.75. The highest BCUT2D eigenvalue weighted by Gasteiger charge is 2.26. The van der Waals surface area contributed by atoms with Gasteiger partial charge in [-0.25, -0.2) is 4.39 Å². The molecule has 0 spiro atoms. The van der Waals surface area contributed by atoms with Crippen LogP contribution in [0.1, 0.15) is 41.6 Å². The molecule has 0 atom stereocenters. The van der Waals surface area contributed by atoms with Crippen molar-refractivity contribution in [1.29, 1.82) is 0 Å². The Morgan fingerprint density at radius 1 is 1.29 bits per heavy atom. The molecular formula is C16H20FNO3. The third kappa shape index (κ3) is 4.03. The number of hydrogen-bond acceptors (Lipinski definition) is 2. The summed E-state index contributed by atoms with van der Waals surface area (Å²) in [6, 6.07) is 4.45. The molecule has 0 aromatic heterocycles. The molecule has 0 bridgehead atoms. The summed E-state index contributed by atoms with van der Waals surface area (Å²) in [5.41, 5.74) is 0.901. The van der Waals surface area contributed by atoms with E-state index in [9.17, 15) is 14.0 Å². The van der Waals surface area contributed by atoms with Crippen molar-refractivity contribution in [3.63, 3.8) is 0 Å². The summed E-state index contributed by atoms with van der Waals surface area (Å²) < 4.78 is 13.6. The number of benzene rings is 1. The fourth-order valence-electron chi connectivity index (χ4n) is 2.76. The Balaban J connectivity index is 1.85. The predicted octanol–water partition coefficient (Wildman–Crippen LogP) is 2.75. The number of amides is 1. The summed E-state index contributed by atoms with van der Waals surface area (Å²) in [5, 5.41) is 11.7. The standard InChI is InChI=1S/C16H20FNO3/c1-10-2-7-14(17)13(8-10)15(19)18-9-11-3-5-12(6-4-11)16(20)21/h2,7-8,11-12H,3-6,9H2,1H3,(H,18,19)(H,20,21). The van der Waals surface area contributed by atoms with E-state index in [1.807, 2.05) is 6.92 Å². The molecule has 1 aromatic rings. The smallest absolute Gasteiger partial charge is 0.306 e. The summed E-state index contributed by atoms with van der Waals surface area (Å²) in [5.74, 6) is -1.65. The molecule has 114 valence electrons. The zero-order valence-electron chi connectivity index (χ0n) is 12.1. The van der Waals surface area contributed by atoms with E-state index in [4.69, 9.17) is 5.11 Å². The van der Waals surface area contributed by atoms with Crippen molar-refractivity contribution in [2.45, 2.75) is 32.6 Å². The van der Waals surface area contributed by atoms with Crippen LogP contribution in [-0.2, 0) is 4.79 Å². The van der Waals surface area contributed by atoms with Gasteiger partial charge < -0.3 is 10.4 Å². The van der Waals surface area contributed by atoms with Crippen molar-refractivity contribution < 1.29 is 19.1 Å². The Morgan fingerprint density at radius 3 is 2.57 bits per heavy atom. The molecule has 21 heavy (non-hydrogen) atoms. The molecule has 2 N–H and O–H groups in total. The van der Waals surface area contributed by atoms with Gasteiger partial charge in [0.2, 0.25) is 0 Å². The zero-order valence-corrected chi connectivity index (χ0v) is 12.1. The number of carbonyl (C=O) groups excluding carboxylic acids is 1. The number of aliphatic carboxylic acids is 1. The minimum atomic E-state index is -0.737. The molecule has 1 amide bonds. The molecule has 0 saturated heterocycles. The van der Waals surface area contributed by atoms with Gasteiger partial charge in [-0.1, -0.05) is 11.6 Å². The maximum Gasteiger partial charge on any atom is 0.306 e. The molecule has 1 fully saturated rings. The summed E-state index contributed by atoms with van der Waals surface area (Å²) in [7, 11) is 0. The Labute approximate surface area is 123 Å². The molecule has 0 heterocycles. The number of carboxylic acids is 1. The van der Waals surface area contributed by atoms with Crippen LogP contribution in [0.4, 0.5) is 4.39 Å². The van der Waals surface area contributed by atoms with E-state index in [1.54, 1.807) is 6.07 Å². The molecule has 1 aromatic carbocycles. The lowest BCUT2D eigenvalue weighted by molar-refractivity contribution is -0.143. The van der Waals surface area contributed by atoms with Crippen LogP contribution in [0, 0.1) is 24.6 Å². The van der Waals surface area contributed by atoms with Gasteiger partial charge in [0.25, 0.3) is 5.91 Å². The average molecular weight is 293 g/mol. The van der Waals surface area contributed by atoms with Gasteiger partial charge in [-0.15, -0.1) is 0 Å². The van der Waals surface area contributed by atoms with E-state index >= 15 is 0 Å².